The van der Waals surface area contributed by atoms with Crippen LogP contribution in [-0.4, -0.2) is 13.1 Å². The second-order valence-corrected chi connectivity index (χ2v) is 9.38. The zero-order chi connectivity index (χ0) is 17.8. The SMILES string of the molecule is CC1(C)CCCc2c1n(N)c1ccc(S(=O)(=O)c3ccccc3)cc21. The van der Waals surface area contributed by atoms with Crippen LogP contribution in [0.4, 0.5) is 0 Å². The van der Waals surface area contributed by atoms with Crippen molar-refractivity contribution in [2.24, 2.45) is 0 Å². The van der Waals surface area contributed by atoms with E-state index in [1.807, 2.05) is 12.1 Å². The van der Waals surface area contributed by atoms with Crippen molar-refractivity contribution in [2.75, 3.05) is 5.84 Å². The molecule has 2 aromatic carbocycles. The Bertz CT molecular complexity index is 1060. The maximum atomic E-state index is 12.9. The summed E-state index contributed by atoms with van der Waals surface area (Å²) in [5.41, 5.74) is 3.22. The highest BCUT2D eigenvalue weighted by Crippen LogP contribution is 2.41. The molecule has 1 aliphatic rings. The van der Waals surface area contributed by atoms with Gasteiger partial charge >= 0.3 is 0 Å². The van der Waals surface area contributed by atoms with E-state index in [2.05, 4.69) is 13.8 Å². The van der Waals surface area contributed by atoms with E-state index in [-0.39, 0.29) is 5.41 Å². The molecule has 0 atom stereocenters. The van der Waals surface area contributed by atoms with Crippen LogP contribution in [0.2, 0.25) is 0 Å². The minimum atomic E-state index is -3.53. The molecule has 130 valence electrons. The first-order chi connectivity index (χ1) is 11.8. The summed E-state index contributed by atoms with van der Waals surface area (Å²) in [6, 6.07) is 13.8. The predicted molar refractivity (Wildman–Crippen MR) is 99.9 cm³/mol. The minimum Gasteiger partial charge on any atom is -0.339 e. The minimum absolute atomic E-state index is 0.000177. The molecule has 0 unspecified atom stereocenters. The van der Waals surface area contributed by atoms with Crippen molar-refractivity contribution in [3.05, 3.63) is 59.8 Å². The Morgan fingerprint density at radius 1 is 1.04 bits per heavy atom. The zero-order valence-corrected chi connectivity index (χ0v) is 15.3. The van der Waals surface area contributed by atoms with E-state index < -0.39 is 9.84 Å². The number of sulfone groups is 1. The van der Waals surface area contributed by atoms with Crippen LogP contribution in [0.1, 0.15) is 37.9 Å². The topological polar surface area (TPSA) is 65.1 Å². The Kier molecular flexibility index (Phi) is 3.48. The Labute approximate surface area is 148 Å². The van der Waals surface area contributed by atoms with E-state index in [1.54, 1.807) is 41.1 Å². The van der Waals surface area contributed by atoms with Crippen molar-refractivity contribution < 1.29 is 8.42 Å². The first kappa shape index (κ1) is 16.2. The number of rotatable bonds is 2. The number of nitrogens with zero attached hydrogens (tertiary/aromatic N) is 1. The number of aromatic nitrogens is 1. The van der Waals surface area contributed by atoms with Gasteiger partial charge in [-0.05, 0) is 55.2 Å². The molecule has 0 spiro atoms. The number of aryl methyl sites for hydroxylation is 1. The molecule has 5 heteroatoms. The summed E-state index contributed by atoms with van der Waals surface area (Å²) in [6.07, 6.45) is 3.12. The number of nitrogens with two attached hydrogens (primary N) is 1. The van der Waals surface area contributed by atoms with Crippen LogP contribution in [-0.2, 0) is 21.7 Å². The highest BCUT2D eigenvalue weighted by atomic mass is 32.2. The quantitative estimate of drug-likeness (QED) is 0.712. The number of benzene rings is 2. The Balaban J connectivity index is 1.96. The molecule has 4 nitrogen and oxygen atoms in total. The summed E-state index contributed by atoms with van der Waals surface area (Å²) in [5.74, 6) is 6.37. The van der Waals surface area contributed by atoms with Crippen LogP contribution in [0.15, 0.2) is 58.3 Å². The molecule has 25 heavy (non-hydrogen) atoms. The third kappa shape index (κ3) is 2.37. The van der Waals surface area contributed by atoms with Gasteiger partial charge in [0.05, 0.1) is 15.3 Å². The second kappa shape index (κ2) is 5.36. The van der Waals surface area contributed by atoms with Crippen molar-refractivity contribution in [2.45, 2.75) is 48.3 Å². The van der Waals surface area contributed by atoms with Gasteiger partial charge < -0.3 is 5.84 Å². The molecule has 3 aromatic rings. The third-order valence-electron chi connectivity index (χ3n) is 5.31. The van der Waals surface area contributed by atoms with E-state index in [0.717, 1.165) is 35.9 Å². The van der Waals surface area contributed by atoms with Crippen LogP contribution in [0.5, 0.6) is 0 Å². The van der Waals surface area contributed by atoms with Crippen molar-refractivity contribution in [3.8, 4) is 0 Å². The number of fused-ring (bicyclic) bond motifs is 3. The molecule has 0 aliphatic heterocycles. The molecular formula is C20H22N2O2S. The molecule has 0 saturated carbocycles. The van der Waals surface area contributed by atoms with Gasteiger partial charge in [0, 0.05) is 16.5 Å². The van der Waals surface area contributed by atoms with Crippen molar-refractivity contribution in [1.82, 2.24) is 4.68 Å². The summed E-state index contributed by atoms with van der Waals surface area (Å²) in [6.45, 7) is 4.41. The molecule has 4 rings (SSSR count). The van der Waals surface area contributed by atoms with Crippen LogP contribution in [0.25, 0.3) is 10.9 Å². The molecular weight excluding hydrogens is 332 g/mol. The van der Waals surface area contributed by atoms with Crippen molar-refractivity contribution in [1.29, 1.82) is 0 Å². The predicted octanol–water partition coefficient (Wildman–Crippen LogP) is 3.80. The van der Waals surface area contributed by atoms with E-state index in [1.165, 1.54) is 5.56 Å². The summed E-state index contributed by atoms with van der Waals surface area (Å²) >= 11 is 0. The van der Waals surface area contributed by atoms with Gasteiger partial charge in [-0.1, -0.05) is 32.0 Å². The fourth-order valence-corrected chi connectivity index (χ4v) is 5.38. The molecule has 0 amide bonds. The molecule has 0 saturated heterocycles. The molecule has 1 heterocycles. The molecule has 0 bridgehead atoms. The molecule has 0 fully saturated rings. The highest BCUT2D eigenvalue weighted by Gasteiger charge is 2.33. The van der Waals surface area contributed by atoms with Gasteiger partial charge in [0.25, 0.3) is 0 Å². The van der Waals surface area contributed by atoms with E-state index in [0.29, 0.717) is 9.79 Å². The maximum Gasteiger partial charge on any atom is 0.206 e. The van der Waals surface area contributed by atoms with E-state index >= 15 is 0 Å². The number of hydrogen-bond acceptors (Lipinski definition) is 3. The summed E-state index contributed by atoms with van der Waals surface area (Å²) in [7, 11) is -3.53. The standard InChI is InChI=1S/C20H22N2O2S/c1-20(2)12-6-9-16-17-13-15(10-11-18(17)22(21)19(16)20)25(23,24)14-7-4-3-5-8-14/h3-5,7-8,10-11,13H,6,9,12,21H2,1-2H3. The van der Waals surface area contributed by atoms with Crippen LogP contribution in [0.3, 0.4) is 0 Å². The lowest BCUT2D eigenvalue weighted by atomic mass is 9.76. The normalized spacial score (nSPS) is 16.7. The molecule has 0 radical (unpaired) electrons. The zero-order valence-electron chi connectivity index (χ0n) is 14.5. The summed E-state index contributed by atoms with van der Waals surface area (Å²) in [5, 5.41) is 0.960. The number of nitrogen functional groups attached to an aromatic ring is 1. The lowest BCUT2D eigenvalue weighted by molar-refractivity contribution is 0.413. The van der Waals surface area contributed by atoms with Gasteiger partial charge in [0.2, 0.25) is 9.84 Å². The van der Waals surface area contributed by atoms with Gasteiger partial charge in [0.1, 0.15) is 0 Å². The van der Waals surface area contributed by atoms with Crippen LogP contribution in [0, 0.1) is 0 Å². The van der Waals surface area contributed by atoms with Gasteiger partial charge in [-0.25, -0.2) is 8.42 Å². The third-order valence-corrected chi connectivity index (χ3v) is 7.08. The lowest BCUT2D eigenvalue weighted by Crippen LogP contribution is -2.29. The second-order valence-electron chi connectivity index (χ2n) is 7.43. The van der Waals surface area contributed by atoms with Crippen molar-refractivity contribution in [3.63, 3.8) is 0 Å². The van der Waals surface area contributed by atoms with Gasteiger partial charge in [-0.3, -0.25) is 4.68 Å². The van der Waals surface area contributed by atoms with Gasteiger partial charge in [-0.2, -0.15) is 0 Å². The van der Waals surface area contributed by atoms with Crippen molar-refractivity contribution >= 4 is 20.7 Å². The van der Waals surface area contributed by atoms with Gasteiger partial charge in [-0.15, -0.1) is 0 Å². The first-order valence-corrected chi connectivity index (χ1v) is 10.0. The Hall–Kier alpha value is -2.27. The lowest BCUT2D eigenvalue weighted by Gasteiger charge is -2.31. The van der Waals surface area contributed by atoms with E-state index in [4.69, 9.17) is 5.84 Å². The summed E-state index contributed by atoms with van der Waals surface area (Å²) < 4.78 is 27.6. The monoisotopic (exact) mass is 354 g/mol. The summed E-state index contributed by atoms with van der Waals surface area (Å²) in [4.78, 5) is 0.638. The first-order valence-electron chi connectivity index (χ1n) is 8.55. The Morgan fingerprint density at radius 2 is 1.76 bits per heavy atom. The molecule has 2 N–H and O–H groups in total. The maximum absolute atomic E-state index is 12.9. The fraction of sp³-hybridized carbons (Fsp3) is 0.300. The van der Waals surface area contributed by atoms with Crippen LogP contribution >= 0.6 is 0 Å². The average Bonchev–Trinajstić information content (AvgIpc) is 2.89. The van der Waals surface area contributed by atoms with Gasteiger partial charge in [0.15, 0.2) is 0 Å². The highest BCUT2D eigenvalue weighted by molar-refractivity contribution is 7.91. The average molecular weight is 354 g/mol. The smallest absolute Gasteiger partial charge is 0.206 e. The fourth-order valence-electron chi connectivity index (χ4n) is 4.08. The Morgan fingerprint density at radius 3 is 2.48 bits per heavy atom. The molecule has 1 aliphatic carbocycles. The van der Waals surface area contributed by atoms with E-state index in [9.17, 15) is 8.42 Å². The molecule has 1 aromatic heterocycles. The largest absolute Gasteiger partial charge is 0.339 e. The number of hydrogen-bond donors (Lipinski definition) is 1. The van der Waals surface area contributed by atoms with Crippen LogP contribution < -0.4 is 5.84 Å².